The summed E-state index contributed by atoms with van der Waals surface area (Å²) in [7, 11) is 0. The summed E-state index contributed by atoms with van der Waals surface area (Å²) >= 11 is -1.62. The molecule has 0 aliphatic carbocycles. The quantitative estimate of drug-likeness (QED) is 0.797. The first-order valence-corrected chi connectivity index (χ1v) is 11.4. The Morgan fingerprint density at radius 1 is 0.588 bits per heavy atom. The topological polar surface area (TPSA) is 0 Å². The molecule has 0 amide bonds. The molecule has 80 valence electrons. The van der Waals surface area contributed by atoms with Crippen LogP contribution in [0.2, 0.25) is 0 Å². The van der Waals surface area contributed by atoms with Gasteiger partial charge in [0.2, 0.25) is 0 Å². The molecule has 0 nitrogen and oxygen atoms in total. The normalized spacial score (nSPS) is 13.3. The van der Waals surface area contributed by atoms with Crippen molar-refractivity contribution in [2.45, 2.75) is 0 Å². The molecule has 1 aliphatic heterocycles. The van der Waals surface area contributed by atoms with Gasteiger partial charge in [-0.1, -0.05) is 0 Å². The second-order valence-corrected chi connectivity index (χ2v) is 11.4. The molecule has 17 heavy (non-hydrogen) atoms. The van der Waals surface area contributed by atoms with Crippen molar-refractivity contribution in [3.63, 3.8) is 0 Å². The fraction of sp³-hybridized carbons (Fsp3) is 0. The molecular weight excluding hydrogens is 307 g/mol. The summed E-state index contributed by atoms with van der Waals surface area (Å²) in [6, 6.07) is 19.7. The van der Waals surface area contributed by atoms with Gasteiger partial charge in [-0.05, 0) is 0 Å². The molecule has 0 N–H and O–H groups in total. The molecule has 1 heterocycles. The zero-order valence-electron chi connectivity index (χ0n) is 9.58. The van der Waals surface area contributed by atoms with Gasteiger partial charge in [-0.15, -0.1) is 0 Å². The molecule has 0 aromatic heterocycles. The third kappa shape index (κ3) is 2.39. The van der Waals surface area contributed by atoms with Crippen molar-refractivity contribution in [2.75, 3.05) is 0 Å². The van der Waals surface area contributed by atoms with E-state index in [1.165, 1.54) is 11.1 Å². The molecule has 0 spiro atoms. The minimum absolute atomic E-state index is 1.30. The Morgan fingerprint density at radius 3 is 1.82 bits per heavy atom. The first-order chi connectivity index (χ1) is 8.43. The molecule has 0 bridgehead atoms. The number of allylic oxidation sites excluding steroid dienone is 2. The van der Waals surface area contributed by atoms with Crippen molar-refractivity contribution >= 4 is 24.8 Å². The Labute approximate surface area is 110 Å². The van der Waals surface area contributed by atoms with Crippen molar-refractivity contribution < 1.29 is 0 Å². The molecule has 0 fully saturated rings. The molecule has 2 aromatic rings. The summed E-state index contributed by atoms with van der Waals surface area (Å²) in [4.78, 5) is 0. The van der Waals surface area contributed by atoms with Crippen LogP contribution < -0.4 is 3.32 Å². The molecule has 0 saturated carbocycles. The van der Waals surface area contributed by atoms with Crippen LogP contribution in [0.5, 0.6) is 0 Å². The van der Waals surface area contributed by atoms with Gasteiger partial charge in [0.25, 0.3) is 0 Å². The van der Waals surface area contributed by atoms with E-state index in [2.05, 4.69) is 74.4 Å². The predicted octanol–water partition coefficient (Wildman–Crippen LogP) is 3.26. The van der Waals surface area contributed by atoms with Crippen LogP contribution in [0, 0.1) is 0 Å². The Bertz CT molecular complexity index is 538. The van der Waals surface area contributed by atoms with E-state index in [0.717, 1.165) is 0 Å². The number of hydrogen-bond donors (Lipinski definition) is 0. The van der Waals surface area contributed by atoms with Crippen molar-refractivity contribution in [1.29, 1.82) is 0 Å². The Balaban J connectivity index is 1.90. The summed E-state index contributed by atoms with van der Waals surface area (Å²) in [5.41, 5.74) is 2.61. The first-order valence-electron chi connectivity index (χ1n) is 5.94. The standard InChI is InChI=1S/C12H9.C4H4.In/c1-3-7-11(8-4-1)12-9-5-2-6-10-12;1-3-4-2;/h1,3-10H;1-4H;. The van der Waals surface area contributed by atoms with Crippen LogP contribution in [-0.2, 0) is 0 Å². The zero-order chi connectivity index (χ0) is 11.5. The van der Waals surface area contributed by atoms with Gasteiger partial charge in [0, 0.05) is 0 Å². The van der Waals surface area contributed by atoms with Crippen molar-refractivity contribution in [3.8, 4) is 11.1 Å². The van der Waals surface area contributed by atoms with Crippen LogP contribution in [0.15, 0.2) is 74.4 Å². The molecular formula is C16H13In. The van der Waals surface area contributed by atoms with Gasteiger partial charge in [0.15, 0.2) is 0 Å². The van der Waals surface area contributed by atoms with Gasteiger partial charge in [-0.2, -0.15) is 0 Å². The van der Waals surface area contributed by atoms with Gasteiger partial charge >= 0.3 is 110 Å². The number of benzene rings is 2. The maximum absolute atomic E-state index is 2.43. The SMILES string of the molecule is C1=[CH][In]([c]2ccc(-c3ccccc3)cc2)[CH]=C1. The molecule has 2 aromatic carbocycles. The van der Waals surface area contributed by atoms with Gasteiger partial charge in [-0.3, -0.25) is 0 Å². The van der Waals surface area contributed by atoms with E-state index >= 15 is 0 Å². The van der Waals surface area contributed by atoms with Crippen molar-refractivity contribution in [2.24, 2.45) is 0 Å². The van der Waals surface area contributed by atoms with Crippen molar-refractivity contribution in [1.82, 2.24) is 0 Å². The molecule has 1 aliphatic rings. The zero-order valence-corrected chi connectivity index (χ0v) is 12.9. The monoisotopic (exact) mass is 320 g/mol. The Hall–Kier alpha value is -1.21. The van der Waals surface area contributed by atoms with Gasteiger partial charge in [0.05, 0.1) is 0 Å². The maximum atomic E-state index is 2.43. The molecule has 0 atom stereocenters. The molecule has 3 rings (SSSR count). The second-order valence-electron chi connectivity index (χ2n) is 4.28. The summed E-state index contributed by atoms with van der Waals surface area (Å²) in [5.74, 6) is 0. The average molecular weight is 320 g/mol. The van der Waals surface area contributed by atoms with E-state index in [1.54, 1.807) is 3.32 Å². The van der Waals surface area contributed by atoms with E-state index in [9.17, 15) is 0 Å². The summed E-state index contributed by atoms with van der Waals surface area (Å²) in [5, 5.41) is 0. The van der Waals surface area contributed by atoms with Crippen LogP contribution in [0.25, 0.3) is 11.1 Å². The fourth-order valence-corrected chi connectivity index (χ4v) is 7.73. The third-order valence-electron chi connectivity index (χ3n) is 3.15. The minimum atomic E-state index is -1.62. The number of hydrogen-bond acceptors (Lipinski definition) is 0. The molecule has 0 radical (unpaired) electrons. The molecule has 0 unspecified atom stereocenters. The predicted molar refractivity (Wildman–Crippen MR) is 75.5 cm³/mol. The van der Waals surface area contributed by atoms with Gasteiger partial charge < -0.3 is 0 Å². The van der Waals surface area contributed by atoms with E-state index in [1.807, 2.05) is 0 Å². The van der Waals surface area contributed by atoms with E-state index < -0.39 is 21.4 Å². The fourth-order valence-electron chi connectivity index (χ4n) is 2.18. The van der Waals surface area contributed by atoms with Crippen LogP contribution in [0.4, 0.5) is 0 Å². The van der Waals surface area contributed by atoms with Crippen molar-refractivity contribution in [3.05, 3.63) is 74.4 Å². The van der Waals surface area contributed by atoms with Crippen LogP contribution in [-0.4, -0.2) is 21.4 Å². The van der Waals surface area contributed by atoms with E-state index in [4.69, 9.17) is 0 Å². The summed E-state index contributed by atoms with van der Waals surface area (Å²) in [6.07, 6.45) is 4.40. The molecule has 0 saturated heterocycles. The van der Waals surface area contributed by atoms with Gasteiger partial charge in [0.1, 0.15) is 0 Å². The number of rotatable bonds is 2. The average Bonchev–Trinajstić information content (AvgIpc) is 2.94. The van der Waals surface area contributed by atoms with Gasteiger partial charge in [-0.25, -0.2) is 0 Å². The third-order valence-corrected chi connectivity index (χ3v) is 10.1. The molecule has 1 heteroatoms. The Kier molecular flexibility index (Phi) is 3.19. The second kappa shape index (κ2) is 4.97. The van der Waals surface area contributed by atoms with Crippen LogP contribution in [0.3, 0.4) is 0 Å². The first kappa shape index (κ1) is 10.9. The van der Waals surface area contributed by atoms with Crippen LogP contribution >= 0.6 is 0 Å². The van der Waals surface area contributed by atoms with Crippen LogP contribution in [0.1, 0.15) is 0 Å². The summed E-state index contributed by atoms with van der Waals surface area (Å²) in [6.45, 7) is 0. The van der Waals surface area contributed by atoms with E-state index in [-0.39, 0.29) is 0 Å². The van der Waals surface area contributed by atoms with E-state index in [0.29, 0.717) is 0 Å². The Morgan fingerprint density at radius 2 is 1.18 bits per heavy atom. The summed E-state index contributed by atoms with van der Waals surface area (Å²) < 4.78 is 6.43.